The smallest absolute Gasteiger partial charge is 0.240 e. The predicted molar refractivity (Wildman–Crippen MR) is 113 cm³/mol. The highest BCUT2D eigenvalue weighted by Gasteiger charge is 2.33. The van der Waals surface area contributed by atoms with Gasteiger partial charge in [0.1, 0.15) is 0 Å². The number of carbonyl (C=O) groups is 1. The van der Waals surface area contributed by atoms with E-state index >= 15 is 0 Å². The number of nitrogens with one attached hydrogen (secondary N) is 1. The number of nitrogens with zero attached hydrogens (tertiary/aromatic N) is 3. The highest BCUT2D eigenvalue weighted by Crippen LogP contribution is 2.37. The number of para-hydroxylation sites is 2. The van der Waals surface area contributed by atoms with Crippen LogP contribution in [0.4, 0.5) is 5.69 Å². The Bertz CT molecular complexity index is 1230. The molecule has 148 valence electrons. The second-order valence-corrected chi connectivity index (χ2v) is 8.72. The van der Waals surface area contributed by atoms with Crippen molar-refractivity contribution in [2.45, 2.75) is 19.4 Å². The zero-order valence-corrected chi connectivity index (χ0v) is 16.8. The summed E-state index contributed by atoms with van der Waals surface area (Å²) in [5.41, 5.74) is 3.56. The molecule has 2 heterocycles. The van der Waals surface area contributed by atoms with Crippen molar-refractivity contribution in [2.75, 3.05) is 11.0 Å². The summed E-state index contributed by atoms with van der Waals surface area (Å²) in [7, 11) is -3.45. The molecule has 1 aliphatic heterocycles. The van der Waals surface area contributed by atoms with E-state index in [1.165, 1.54) is 11.9 Å². The maximum atomic E-state index is 12.3. The van der Waals surface area contributed by atoms with Crippen LogP contribution >= 0.6 is 0 Å². The topological polar surface area (TPSA) is 91.7 Å². The van der Waals surface area contributed by atoms with E-state index in [0.717, 1.165) is 22.7 Å². The SMILES string of the molecule is CC(=O)N1N=C(c2ccccc2NS(C)(=O)=O)C[C@@H]1c1ccnc2ccccc12. The molecule has 1 aromatic heterocycles. The largest absolute Gasteiger partial charge is 0.283 e. The standard InChI is InChI=1S/C21H20N4O3S/c1-14(26)25-21(16-11-12-22-18-9-5-3-7-15(16)18)13-20(23-25)17-8-4-6-10-19(17)24-29(2,27)28/h3-12,21,24H,13H2,1-2H3/t21-/m1/s1. The fraction of sp³-hybridized carbons (Fsp3) is 0.190. The molecule has 0 saturated carbocycles. The number of carbonyl (C=O) groups excluding carboxylic acids is 1. The summed E-state index contributed by atoms with van der Waals surface area (Å²) in [5, 5.41) is 6.99. The molecule has 0 fully saturated rings. The van der Waals surface area contributed by atoms with E-state index in [2.05, 4.69) is 14.8 Å². The third-order valence-electron chi connectivity index (χ3n) is 4.81. The zero-order valence-electron chi connectivity index (χ0n) is 16.0. The van der Waals surface area contributed by atoms with E-state index in [1.54, 1.807) is 24.4 Å². The number of sulfonamides is 1. The van der Waals surface area contributed by atoms with Gasteiger partial charge in [-0.15, -0.1) is 0 Å². The van der Waals surface area contributed by atoms with E-state index in [9.17, 15) is 13.2 Å². The molecule has 2 aromatic carbocycles. The van der Waals surface area contributed by atoms with Crippen molar-refractivity contribution in [3.05, 3.63) is 71.9 Å². The Morgan fingerprint density at radius 2 is 1.83 bits per heavy atom. The van der Waals surface area contributed by atoms with Crippen LogP contribution < -0.4 is 4.72 Å². The Balaban J connectivity index is 1.78. The molecule has 1 N–H and O–H groups in total. The second kappa shape index (κ2) is 7.29. The zero-order chi connectivity index (χ0) is 20.6. The van der Waals surface area contributed by atoms with Crippen LogP contribution in [0.5, 0.6) is 0 Å². The van der Waals surface area contributed by atoms with Crippen molar-refractivity contribution in [1.82, 2.24) is 9.99 Å². The minimum atomic E-state index is -3.45. The van der Waals surface area contributed by atoms with Gasteiger partial charge in [0.25, 0.3) is 0 Å². The molecule has 7 nitrogen and oxygen atoms in total. The number of aromatic nitrogens is 1. The van der Waals surface area contributed by atoms with Crippen LogP contribution in [-0.2, 0) is 14.8 Å². The minimum absolute atomic E-state index is 0.181. The summed E-state index contributed by atoms with van der Waals surface area (Å²) in [6, 6.07) is 16.4. The Morgan fingerprint density at radius 3 is 2.59 bits per heavy atom. The highest BCUT2D eigenvalue weighted by atomic mass is 32.2. The van der Waals surface area contributed by atoms with Crippen LogP contribution in [-0.4, -0.2) is 36.3 Å². The van der Waals surface area contributed by atoms with Crippen molar-refractivity contribution in [3.63, 3.8) is 0 Å². The Hall–Kier alpha value is -3.26. The quantitative estimate of drug-likeness (QED) is 0.717. The number of pyridine rings is 1. The van der Waals surface area contributed by atoms with Gasteiger partial charge in [-0.05, 0) is 23.8 Å². The van der Waals surface area contributed by atoms with E-state index in [0.29, 0.717) is 23.4 Å². The molecule has 0 aliphatic carbocycles. The van der Waals surface area contributed by atoms with Gasteiger partial charge in [0.2, 0.25) is 15.9 Å². The molecule has 1 atom stereocenters. The van der Waals surface area contributed by atoms with E-state index in [-0.39, 0.29) is 11.9 Å². The van der Waals surface area contributed by atoms with Crippen molar-refractivity contribution in [3.8, 4) is 0 Å². The molecular formula is C21H20N4O3S. The number of fused-ring (bicyclic) bond motifs is 1. The molecule has 0 bridgehead atoms. The van der Waals surface area contributed by atoms with Gasteiger partial charge in [-0.25, -0.2) is 13.4 Å². The van der Waals surface area contributed by atoms with Crippen molar-refractivity contribution >= 4 is 38.2 Å². The molecule has 1 amide bonds. The van der Waals surface area contributed by atoms with Crippen molar-refractivity contribution in [1.29, 1.82) is 0 Å². The molecule has 1 aliphatic rings. The Kier molecular flexibility index (Phi) is 4.79. The van der Waals surface area contributed by atoms with E-state index in [1.807, 2.05) is 36.4 Å². The number of rotatable bonds is 4. The molecule has 8 heteroatoms. The summed E-state index contributed by atoms with van der Waals surface area (Å²) >= 11 is 0. The molecule has 3 aromatic rings. The maximum Gasteiger partial charge on any atom is 0.240 e. The summed E-state index contributed by atoms with van der Waals surface area (Å²) in [5.74, 6) is -0.181. The van der Waals surface area contributed by atoms with Gasteiger partial charge in [0, 0.05) is 30.5 Å². The third kappa shape index (κ3) is 3.84. The number of hydrazone groups is 1. The maximum absolute atomic E-state index is 12.3. The lowest BCUT2D eigenvalue weighted by Gasteiger charge is -2.21. The molecule has 0 spiro atoms. The summed E-state index contributed by atoms with van der Waals surface area (Å²) < 4.78 is 26.0. The second-order valence-electron chi connectivity index (χ2n) is 6.97. The average molecular weight is 408 g/mol. The summed E-state index contributed by atoms with van der Waals surface area (Å²) in [4.78, 5) is 16.7. The number of hydrogen-bond acceptors (Lipinski definition) is 5. The van der Waals surface area contributed by atoms with Crippen LogP contribution in [0, 0.1) is 0 Å². The Morgan fingerprint density at radius 1 is 1.10 bits per heavy atom. The lowest BCUT2D eigenvalue weighted by atomic mass is 9.95. The van der Waals surface area contributed by atoms with Crippen LogP contribution in [0.1, 0.15) is 30.5 Å². The van der Waals surface area contributed by atoms with Crippen molar-refractivity contribution in [2.24, 2.45) is 5.10 Å². The lowest BCUT2D eigenvalue weighted by Crippen LogP contribution is -2.24. The van der Waals surface area contributed by atoms with Crippen LogP contribution in [0.15, 0.2) is 65.9 Å². The normalized spacial score (nSPS) is 16.7. The monoisotopic (exact) mass is 408 g/mol. The van der Waals surface area contributed by atoms with Gasteiger partial charge in [0.15, 0.2) is 0 Å². The minimum Gasteiger partial charge on any atom is -0.283 e. The average Bonchev–Trinajstić information content (AvgIpc) is 3.12. The first kappa shape index (κ1) is 19.1. The van der Waals surface area contributed by atoms with E-state index in [4.69, 9.17) is 0 Å². The molecule has 29 heavy (non-hydrogen) atoms. The molecular weight excluding hydrogens is 388 g/mol. The van der Waals surface area contributed by atoms with Crippen LogP contribution in [0.25, 0.3) is 10.9 Å². The predicted octanol–water partition coefficient (Wildman–Crippen LogP) is 3.30. The van der Waals surface area contributed by atoms with Gasteiger partial charge in [0.05, 0.1) is 29.2 Å². The molecule has 0 saturated heterocycles. The number of anilines is 1. The summed E-state index contributed by atoms with van der Waals surface area (Å²) in [6.45, 7) is 1.48. The van der Waals surface area contributed by atoms with Crippen molar-refractivity contribution < 1.29 is 13.2 Å². The van der Waals surface area contributed by atoms with Crippen LogP contribution in [0.2, 0.25) is 0 Å². The summed E-state index contributed by atoms with van der Waals surface area (Å²) in [6.07, 6.45) is 3.30. The number of benzene rings is 2. The fourth-order valence-electron chi connectivity index (χ4n) is 3.64. The van der Waals surface area contributed by atoms with Gasteiger partial charge in [-0.3, -0.25) is 14.5 Å². The lowest BCUT2D eigenvalue weighted by molar-refractivity contribution is -0.130. The number of hydrogen-bond donors (Lipinski definition) is 1. The molecule has 0 unspecified atom stereocenters. The van der Waals surface area contributed by atoms with E-state index < -0.39 is 10.0 Å². The van der Waals surface area contributed by atoms with Gasteiger partial charge in [-0.2, -0.15) is 5.10 Å². The van der Waals surface area contributed by atoms with Crippen LogP contribution in [0.3, 0.4) is 0 Å². The van der Waals surface area contributed by atoms with Gasteiger partial charge >= 0.3 is 0 Å². The molecule has 4 rings (SSSR count). The third-order valence-corrected chi connectivity index (χ3v) is 5.40. The fourth-order valence-corrected chi connectivity index (χ4v) is 4.22. The first-order valence-corrected chi connectivity index (χ1v) is 11.0. The van der Waals surface area contributed by atoms with Gasteiger partial charge < -0.3 is 0 Å². The highest BCUT2D eigenvalue weighted by molar-refractivity contribution is 7.92. The molecule has 0 radical (unpaired) electrons. The number of amides is 1. The Labute approximate surface area is 169 Å². The first-order chi connectivity index (χ1) is 13.8. The first-order valence-electron chi connectivity index (χ1n) is 9.11. The van der Waals surface area contributed by atoms with Gasteiger partial charge in [-0.1, -0.05) is 36.4 Å².